The van der Waals surface area contributed by atoms with E-state index < -0.39 is 10.0 Å². The fourth-order valence-electron chi connectivity index (χ4n) is 1.25. The quantitative estimate of drug-likeness (QED) is 0.747. The topological polar surface area (TPSA) is 114 Å². The van der Waals surface area contributed by atoms with Crippen LogP contribution < -0.4 is 10.5 Å². The maximum Gasteiger partial charge on any atom is 0.280 e. The van der Waals surface area contributed by atoms with Crippen molar-refractivity contribution in [3.63, 3.8) is 0 Å². The molecule has 2 heterocycles. The first kappa shape index (κ1) is 12.0. The number of nitrogens with two attached hydrogens (primary N) is 1. The van der Waals surface area contributed by atoms with E-state index in [-0.39, 0.29) is 11.6 Å². The van der Waals surface area contributed by atoms with E-state index in [2.05, 4.69) is 19.9 Å². The zero-order valence-corrected chi connectivity index (χ0v) is 10.6. The molecule has 0 atom stereocenters. The van der Waals surface area contributed by atoms with Crippen LogP contribution in [-0.2, 0) is 16.6 Å². The number of H-pyrrole nitrogens is 1. The van der Waals surface area contributed by atoms with E-state index in [1.807, 2.05) is 6.92 Å². The molecule has 7 nitrogen and oxygen atoms in total. The third-order valence-electron chi connectivity index (χ3n) is 2.01. The van der Waals surface area contributed by atoms with E-state index in [9.17, 15) is 8.42 Å². The summed E-state index contributed by atoms with van der Waals surface area (Å²) in [4.78, 5) is 4.85. The third kappa shape index (κ3) is 2.46. The van der Waals surface area contributed by atoms with Gasteiger partial charge >= 0.3 is 0 Å². The van der Waals surface area contributed by atoms with E-state index in [0.29, 0.717) is 10.7 Å². The fraction of sp³-hybridized carbons (Fsp3) is 0.250. The number of aromatic nitrogens is 3. The highest BCUT2D eigenvalue weighted by atomic mass is 32.2. The van der Waals surface area contributed by atoms with Gasteiger partial charge in [0, 0.05) is 23.2 Å². The van der Waals surface area contributed by atoms with Gasteiger partial charge < -0.3 is 5.73 Å². The average molecular weight is 273 g/mol. The van der Waals surface area contributed by atoms with Crippen LogP contribution in [0, 0.1) is 6.92 Å². The van der Waals surface area contributed by atoms with Crippen LogP contribution in [0.4, 0.5) is 5.13 Å². The van der Waals surface area contributed by atoms with Crippen LogP contribution in [0.3, 0.4) is 0 Å². The van der Waals surface area contributed by atoms with Gasteiger partial charge in [0.25, 0.3) is 10.0 Å². The Morgan fingerprint density at radius 1 is 1.53 bits per heavy atom. The van der Waals surface area contributed by atoms with Crippen LogP contribution in [-0.4, -0.2) is 23.6 Å². The molecule has 0 aliphatic carbocycles. The first-order valence-corrected chi connectivity index (χ1v) is 7.00. The number of aromatic amines is 1. The highest BCUT2D eigenvalue weighted by Gasteiger charge is 2.21. The lowest BCUT2D eigenvalue weighted by atomic mass is 10.4. The van der Waals surface area contributed by atoms with Crippen LogP contribution in [0.5, 0.6) is 0 Å². The van der Waals surface area contributed by atoms with Crippen LogP contribution in [0.25, 0.3) is 0 Å². The molecular weight excluding hydrogens is 262 g/mol. The van der Waals surface area contributed by atoms with Crippen molar-refractivity contribution in [2.24, 2.45) is 5.73 Å². The molecule has 0 bridgehead atoms. The molecule has 17 heavy (non-hydrogen) atoms. The summed E-state index contributed by atoms with van der Waals surface area (Å²) < 4.78 is 26.3. The Labute approximate surface area is 102 Å². The minimum absolute atomic E-state index is 0.0205. The molecule has 0 amide bonds. The molecule has 0 aliphatic rings. The van der Waals surface area contributed by atoms with Crippen molar-refractivity contribution >= 4 is 26.5 Å². The Hall–Kier alpha value is -1.45. The Morgan fingerprint density at radius 2 is 2.29 bits per heavy atom. The van der Waals surface area contributed by atoms with Crippen LogP contribution >= 0.6 is 11.3 Å². The number of sulfonamides is 1. The summed E-state index contributed by atoms with van der Waals surface area (Å²) in [5.74, 6) is 0. The van der Waals surface area contributed by atoms with Crippen molar-refractivity contribution in [2.75, 3.05) is 4.72 Å². The summed E-state index contributed by atoms with van der Waals surface area (Å²) in [6, 6.07) is 0. The average Bonchev–Trinajstić information content (AvgIpc) is 2.86. The predicted molar refractivity (Wildman–Crippen MR) is 64.1 cm³/mol. The van der Waals surface area contributed by atoms with E-state index >= 15 is 0 Å². The zero-order chi connectivity index (χ0) is 12.5. The number of aryl methyl sites for hydroxylation is 1. The maximum absolute atomic E-state index is 12.0. The fourth-order valence-corrected chi connectivity index (χ4v) is 3.30. The van der Waals surface area contributed by atoms with Crippen molar-refractivity contribution in [1.29, 1.82) is 0 Å². The lowest BCUT2D eigenvalue weighted by molar-refractivity contribution is 0.596. The van der Waals surface area contributed by atoms with Crippen molar-refractivity contribution in [3.8, 4) is 0 Å². The van der Waals surface area contributed by atoms with Gasteiger partial charge in [-0.15, -0.1) is 11.3 Å². The molecule has 0 saturated carbocycles. The van der Waals surface area contributed by atoms with E-state index in [0.717, 1.165) is 4.88 Å². The summed E-state index contributed by atoms with van der Waals surface area (Å²) in [7, 11) is -3.70. The van der Waals surface area contributed by atoms with Gasteiger partial charge in [0.1, 0.15) is 0 Å². The van der Waals surface area contributed by atoms with E-state index in [4.69, 9.17) is 5.73 Å². The molecule has 0 spiro atoms. The number of anilines is 1. The third-order valence-corrected chi connectivity index (χ3v) is 4.32. The molecule has 0 fully saturated rings. The van der Waals surface area contributed by atoms with Crippen molar-refractivity contribution in [1.82, 2.24) is 15.2 Å². The standard InChI is InChI=1S/C8H11N5O2S2/c1-5-3-10-8(16-5)13-17(14,15)7-6(2-9)4-11-12-7/h3-4H,2,9H2,1H3,(H,10,13)(H,11,12). The molecule has 2 aromatic heterocycles. The largest absolute Gasteiger partial charge is 0.326 e. The summed E-state index contributed by atoms with van der Waals surface area (Å²) in [6.07, 6.45) is 2.99. The van der Waals surface area contributed by atoms with Crippen molar-refractivity contribution in [3.05, 3.63) is 22.8 Å². The van der Waals surface area contributed by atoms with Gasteiger partial charge in [0.2, 0.25) is 0 Å². The van der Waals surface area contributed by atoms with Gasteiger partial charge in [-0.25, -0.2) is 4.98 Å². The normalized spacial score (nSPS) is 11.6. The van der Waals surface area contributed by atoms with E-state index in [1.54, 1.807) is 6.20 Å². The minimum atomic E-state index is -3.70. The molecule has 9 heteroatoms. The lowest BCUT2D eigenvalue weighted by Crippen LogP contribution is -2.16. The Balaban J connectivity index is 2.31. The molecule has 2 aromatic rings. The number of nitrogens with zero attached hydrogens (tertiary/aromatic N) is 2. The highest BCUT2D eigenvalue weighted by Crippen LogP contribution is 2.21. The van der Waals surface area contributed by atoms with Gasteiger partial charge in [0.05, 0.1) is 6.20 Å². The van der Waals surface area contributed by atoms with Gasteiger partial charge in [-0.05, 0) is 6.92 Å². The minimum Gasteiger partial charge on any atom is -0.326 e. The summed E-state index contributed by atoms with van der Waals surface area (Å²) in [6.45, 7) is 1.95. The molecule has 92 valence electrons. The molecule has 0 radical (unpaired) electrons. The molecule has 0 saturated heterocycles. The van der Waals surface area contributed by atoms with Crippen LogP contribution in [0.2, 0.25) is 0 Å². The molecule has 4 N–H and O–H groups in total. The van der Waals surface area contributed by atoms with Gasteiger partial charge in [-0.1, -0.05) is 0 Å². The van der Waals surface area contributed by atoms with Crippen molar-refractivity contribution in [2.45, 2.75) is 18.5 Å². The Bertz CT molecular complexity index is 615. The van der Waals surface area contributed by atoms with Gasteiger partial charge in [-0.2, -0.15) is 13.5 Å². The number of thiazole rings is 1. The summed E-state index contributed by atoms with van der Waals surface area (Å²) in [5, 5.41) is 6.38. The lowest BCUT2D eigenvalue weighted by Gasteiger charge is -2.03. The highest BCUT2D eigenvalue weighted by molar-refractivity contribution is 7.92. The Morgan fingerprint density at radius 3 is 2.88 bits per heavy atom. The second kappa shape index (κ2) is 4.43. The number of hydrogen-bond acceptors (Lipinski definition) is 6. The first-order chi connectivity index (χ1) is 8.03. The monoisotopic (exact) mass is 273 g/mol. The Kier molecular flexibility index (Phi) is 3.13. The molecule has 2 rings (SSSR count). The number of rotatable bonds is 4. The van der Waals surface area contributed by atoms with Crippen molar-refractivity contribution < 1.29 is 8.42 Å². The van der Waals surface area contributed by atoms with E-state index in [1.165, 1.54) is 17.5 Å². The number of nitrogens with one attached hydrogen (secondary N) is 2. The van der Waals surface area contributed by atoms with Gasteiger partial charge in [0.15, 0.2) is 10.2 Å². The second-order valence-corrected chi connectivity index (χ2v) is 6.16. The van der Waals surface area contributed by atoms with Crippen LogP contribution in [0.15, 0.2) is 17.4 Å². The molecule has 0 aromatic carbocycles. The molecular formula is C8H11N5O2S2. The SMILES string of the molecule is Cc1cnc(NS(=O)(=O)c2[nH]ncc2CN)s1. The smallest absolute Gasteiger partial charge is 0.280 e. The van der Waals surface area contributed by atoms with Crippen LogP contribution in [0.1, 0.15) is 10.4 Å². The second-order valence-electron chi connectivity index (χ2n) is 3.31. The first-order valence-electron chi connectivity index (χ1n) is 4.70. The van der Waals surface area contributed by atoms with Gasteiger partial charge in [-0.3, -0.25) is 9.82 Å². The summed E-state index contributed by atoms with van der Waals surface area (Å²) in [5.41, 5.74) is 5.86. The number of hydrogen-bond donors (Lipinski definition) is 3. The zero-order valence-electron chi connectivity index (χ0n) is 8.97. The predicted octanol–water partition coefficient (Wildman–Crippen LogP) is 0.434. The molecule has 0 aliphatic heterocycles. The molecule has 0 unspecified atom stereocenters. The maximum atomic E-state index is 12.0. The summed E-state index contributed by atoms with van der Waals surface area (Å²) >= 11 is 1.26.